The first kappa shape index (κ1) is 11.7. The zero-order chi connectivity index (χ0) is 13.1. The molecule has 0 spiro atoms. The molecule has 0 unspecified atom stereocenters. The highest BCUT2D eigenvalue weighted by atomic mass is 16.2. The van der Waals surface area contributed by atoms with Crippen molar-refractivity contribution in [2.45, 2.75) is 0 Å². The minimum atomic E-state index is -0.765. The zero-order valence-corrected chi connectivity index (χ0v) is 9.44. The van der Waals surface area contributed by atoms with Crippen LogP contribution in [-0.4, -0.2) is 16.9 Å². The summed E-state index contributed by atoms with van der Waals surface area (Å²) in [6.45, 7) is 0. The van der Waals surface area contributed by atoms with Crippen molar-refractivity contribution in [1.82, 2.24) is 4.98 Å². The maximum absolute atomic E-state index is 11.3. The number of rotatable bonds is 3. The molecule has 0 saturated carbocycles. The van der Waals surface area contributed by atoms with Crippen LogP contribution in [0.5, 0.6) is 0 Å². The SMILES string of the molecule is NC(=O)Nc1[nH]c(-c2ccccc2)cc1C(N)=O. The molecule has 0 bridgehead atoms. The van der Waals surface area contributed by atoms with E-state index in [1.165, 1.54) is 0 Å². The number of hydrogen-bond acceptors (Lipinski definition) is 2. The first-order chi connectivity index (χ1) is 8.58. The Balaban J connectivity index is 2.45. The number of hydrogen-bond donors (Lipinski definition) is 4. The molecular weight excluding hydrogens is 232 g/mol. The van der Waals surface area contributed by atoms with Gasteiger partial charge < -0.3 is 16.5 Å². The Morgan fingerprint density at radius 3 is 2.33 bits per heavy atom. The summed E-state index contributed by atoms with van der Waals surface area (Å²) in [6, 6.07) is 10.1. The summed E-state index contributed by atoms with van der Waals surface area (Å²) in [5, 5.41) is 2.33. The molecule has 6 nitrogen and oxygen atoms in total. The number of primary amides is 2. The monoisotopic (exact) mass is 244 g/mol. The first-order valence-corrected chi connectivity index (χ1v) is 5.22. The van der Waals surface area contributed by atoms with Crippen molar-refractivity contribution in [3.8, 4) is 11.3 Å². The maximum Gasteiger partial charge on any atom is 0.317 e. The molecule has 0 aliphatic carbocycles. The smallest absolute Gasteiger partial charge is 0.317 e. The summed E-state index contributed by atoms with van der Waals surface area (Å²) < 4.78 is 0. The van der Waals surface area contributed by atoms with Gasteiger partial charge in [-0.15, -0.1) is 0 Å². The van der Waals surface area contributed by atoms with Gasteiger partial charge in [0.25, 0.3) is 5.91 Å². The molecule has 0 aliphatic heterocycles. The molecule has 0 fully saturated rings. The molecule has 1 aromatic carbocycles. The van der Waals surface area contributed by atoms with Crippen molar-refractivity contribution in [1.29, 1.82) is 0 Å². The van der Waals surface area contributed by atoms with Gasteiger partial charge in [0.15, 0.2) is 0 Å². The second kappa shape index (κ2) is 4.62. The third-order valence-corrected chi connectivity index (χ3v) is 2.42. The van der Waals surface area contributed by atoms with E-state index in [0.29, 0.717) is 5.69 Å². The third kappa shape index (κ3) is 2.32. The van der Waals surface area contributed by atoms with Crippen LogP contribution in [0.4, 0.5) is 10.6 Å². The number of carbonyl (C=O) groups is 2. The van der Waals surface area contributed by atoms with Gasteiger partial charge >= 0.3 is 6.03 Å². The van der Waals surface area contributed by atoms with Gasteiger partial charge in [0.2, 0.25) is 0 Å². The molecule has 0 atom stereocenters. The lowest BCUT2D eigenvalue weighted by Gasteiger charge is -2.00. The van der Waals surface area contributed by atoms with Gasteiger partial charge in [0.05, 0.1) is 5.56 Å². The highest BCUT2D eigenvalue weighted by Gasteiger charge is 2.14. The van der Waals surface area contributed by atoms with Gasteiger partial charge in [0.1, 0.15) is 5.82 Å². The summed E-state index contributed by atoms with van der Waals surface area (Å²) in [5.74, 6) is -0.439. The van der Waals surface area contributed by atoms with Gasteiger partial charge in [-0.2, -0.15) is 0 Å². The van der Waals surface area contributed by atoms with Crippen LogP contribution in [0.15, 0.2) is 36.4 Å². The van der Waals surface area contributed by atoms with Crippen molar-refractivity contribution in [3.05, 3.63) is 42.0 Å². The number of amides is 3. The van der Waals surface area contributed by atoms with Crippen LogP contribution in [0.25, 0.3) is 11.3 Å². The quantitative estimate of drug-likeness (QED) is 0.651. The molecule has 1 heterocycles. The lowest BCUT2D eigenvalue weighted by Crippen LogP contribution is -2.22. The van der Waals surface area contributed by atoms with Gasteiger partial charge in [-0.05, 0) is 11.6 Å². The van der Waals surface area contributed by atoms with Crippen LogP contribution in [0.2, 0.25) is 0 Å². The summed E-state index contributed by atoms with van der Waals surface area (Å²) >= 11 is 0. The van der Waals surface area contributed by atoms with Gasteiger partial charge in [-0.1, -0.05) is 30.3 Å². The molecule has 6 heteroatoms. The molecule has 0 aliphatic rings. The number of nitrogens with two attached hydrogens (primary N) is 2. The van der Waals surface area contributed by atoms with E-state index in [2.05, 4.69) is 10.3 Å². The van der Waals surface area contributed by atoms with E-state index in [1.807, 2.05) is 30.3 Å². The lowest BCUT2D eigenvalue weighted by atomic mass is 10.1. The van der Waals surface area contributed by atoms with E-state index in [4.69, 9.17) is 11.5 Å². The number of carbonyl (C=O) groups excluding carboxylic acids is 2. The normalized spacial score (nSPS) is 10.0. The largest absolute Gasteiger partial charge is 0.365 e. The first-order valence-electron chi connectivity index (χ1n) is 5.22. The van der Waals surface area contributed by atoms with Crippen LogP contribution in [0.3, 0.4) is 0 Å². The van der Waals surface area contributed by atoms with E-state index >= 15 is 0 Å². The Kier molecular flexibility index (Phi) is 3.01. The van der Waals surface area contributed by atoms with Gasteiger partial charge in [0, 0.05) is 5.69 Å². The summed E-state index contributed by atoms with van der Waals surface area (Å²) in [4.78, 5) is 25.0. The minimum absolute atomic E-state index is 0.188. The Morgan fingerprint density at radius 2 is 1.78 bits per heavy atom. The van der Waals surface area contributed by atoms with E-state index in [0.717, 1.165) is 5.56 Å². The summed E-state index contributed by atoms with van der Waals surface area (Å²) in [5.41, 5.74) is 12.0. The topological polar surface area (TPSA) is 114 Å². The second-order valence-corrected chi connectivity index (χ2v) is 3.69. The summed E-state index contributed by atoms with van der Waals surface area (Å²) in [6.07, 6.45) is 0. The fourth-order valence-electron chi connectivity index (χ4n) is 1.64. The third-order valence-electron chi connectivity index (χ3n) is 2.42. The molecule has 92 valence electrons. The number of nitrogens with one attached hydrogen (secondary N) is 2. The van der Waals surface area contributed by atoms with Crippen molar-refractivity contribution in [2.24, 2.45) is 11.5 Å². The second-order valence-electron chi connectivity index (χ2n) is 3.69. The van der Waals surface area contributed by atoms with E-state index in [-0.39, 0.29) is 11.4 Å². The number of H-pyrrole nitrogens is 1. The average molecular weight is 244 g/mol. The highest BCUT2D eigenvalue weighted by molar-refractivity contribution is 6.02. The number of benzene rings is 1. The molecule has 18 heavy (non-hydrogen) atoms. The van der Waals surface area contributed by atoms with Crippen molar-refractivity contribution >= 4 is 17.8 Å². The predicted octanol–water partition coefficient (Wildman–Crippen LogP) is 1.27. The zero-order valence-electron chi connectivity index (χ0n) is 9.44. The molecule has 3 amide bonds. The van der Waals surface area contributed by atoms with Gasteiger partial charge in [-0.3, -0.25) is 10.1 Å². The molecule has 0 radical (unpaired) electrons. The lowest BCUT2D eigenvalue weighted by molar-refractivity contribution is 0.100. The predicted molar refractivity (Wildman–Crippen MR) is 68.0 cm³/mol. The van der Waals surface area contributed by atoms with Crippen molar-refractivity contribution in [3.63, 3.8) is 0 Å². The highest BCUT2D eigenvalue weighted by Crippen LogP contribution is 2.24. The maximum atomic E-state index is 11.3. The van der Waals surface area contributed by atoms with Crippen LogP contribution < -0.4 is 16.8 Å². The molecule has 2 aromatic rings. The Labute approximate surface area is 103 Å². The van der Waals surface area contributed by atoms with E-state index in [1.54, 1.807) is 6.07 Å². The molecule has 0 saturated heterocycles. The number of aromatic nitrogens is 1. The fourth-order valence-corrected chi connectivity index (χ4v) is 1.64. The Bertz CT molecular complexity index is 589. The standard InChI is InChI=1S/C12H12N4O2/c13-10(17)8-6-9(7-4-2-1-3-5-7)15-11(8)16-12(14)18/h1-6,15H,(H2,13,17)(H3,14,16,18). The fraction of sp³-hybridized carbons (Fsp3) is 0. The molecular formula is C12H12N4O2. The molecule has 6 N–H and O–H groups in total. The molecule has 2 rings (SSSR count). The van der Waals surface area contributed by atoms with Crippen LogP contribution >= 0.6 is 0 Å². The summed E-state index contributed by atoms with van der Waals surface area (Å²) in [7, 11) is 0. The van der Waals surface area contributed by atoms with E-state index in [9.17, 15) is 9.59 Å². The van der Waals surface area contributed by atoms with Gasteiger partial charge in [-0.25, -0.2) is 4.79 Å². The number of urea groups is 1. The van der Waals surface area contributed by atoms with Crippen LogP contribution in [-0.2, 0) is 0 Å². The number of anilines is 1. The van der Waals surface area contributed by atoms with Crippen molar-refractivity contribution in [2.75, 3.05) is 5.32 Å². The van der Waals surface area contributed by atoms with Crippen molar-refractivity contribution < 1.29 is 9.59 Å². The Hall–Kier alpha value is -2.76. The van der Waals surface area contributed by atoms with Crippen LogP contribution in [0, 0.1) is 0 Å². The minimum Gasteiger partial charge on any atom is -0.365 e. The Morgan fingerprint density at radius 1 is 1.11 bits per heavy atom. The number of aromatic amines is 1. The van der Waals surface area contributed by atoms with E-state index < -0.39 is 11.9 Å². The molecule has 1 aromatic heterocycles. The average Bonchev–Trinajstić information content (AvgIpc) is 2.73. The van der Waals surface area contributed by atoms with Crippen LogP contribution in [0.1, 0.15) is 10.4 Å².